The standard InChI is InChI=1S/C19H31FN4O2.ClH/c1-4-7-16(17(25)23-13-19(21,5-2)6-3)24-18(26)22-12-14-8-10-15(20)11-9-14;/h8-11,16H,4-7,12-13,21H2,1-3H3,(H,23,25)(H2,22,24,26);1H. The molecule has 0 heterocycles. The van der Waals surface area contributed by atoms with Crippen molar-refractivity contribution < 1.29 is 14.0 Å². The molecule has 0 fully saturated rings. The van der Waals surface area contributed by atoms with Gasteiger partial charge < -0.3 is 21.7 Å². The summed E-state index contributed by atoms with van der Waals surface area (Å²) in [5.41, 5.74) is 6.54. The van der Waals surface area contributed by atoms with Crippen LogP contribution in [0.1, 0.15) is 52.0 Å². The zero-order valence-electron chi connectivity index (χ0n) is 16.3. The van der Waals surface area contributed by atoms with E-state index in [0.29, 0.717) is 13.0 Å². The number of halogens is 2. The van der Waals surface area contributed by atoms with E-state index in [-0.39, 0.29) is 30.7 Å². The van der Waals surface area contributed by atoms with Crippen LogP contribution in [0.3, 0.4) is 0 Å². The molecule has 0 radical (unpaired) electrons. The fourth-order valence-corrected chi connectivity index (χ4v) is 2.44. The van der Waals surface area contributed by atoms with Crippen molar-refractivity contribution in [2.75, 3.05) is 6.54 Å². The third-order valence-corrected chi connectivity index (χ3v) is 4.59. The van der Waals surface area contributed by atoms with Crippen LogP contribution in [0, 0.1) is 5.82 Å². The van der Waals surface area contributed by atoms with Crippen molar-refractivity contribution in [3.63, 3.8) is 0 Å². The van der Waals surface area contributed by atoms with Gasteiger partial charge in [0.2, 0.25) is 5.91 Å². The lowest BCUT2D eigenvalue weighted by molar-refractivity contribution is -0.123. The van der Waals surface area contributed by atoms with Crippen molar-refractivity contribution >= 4 is 24.3 Å². The number of carbonyl (C=O) groups is 2. The van der Waals surface area contributed by atoms with Crippen LogP contribution >= 0.6 is 12.4 Å². The van der Waals surface area contributed by atoms with Crippen LogP contribution in [-0.2, 0) is 11.3 Å². The number of urea groups is 1. The smallest absolute Gasteiger partial charge is 0.315 e. The molecule has 0 spiro atoms. The normalized spacial score (nSPS) is 11.9. The minimum Gasteiger partial charge on any atom is -0.352 e. The van der Waals surface area contributed by atoms with Crippen molar-refractivity contribution in [1.82, 2.24) is 16.0 Å². The Morgan fingerprint density at radius 3 is 2.22 bits per heavy atom. The first-order chi connectivity index (χ1) is 12.3. The van der Waals surface area contributed by atoms with Crippen molar-refractivity contribution in [1.29, 1.82) is 0 Å². The van der Waals surface area contributed by atoms with E-state index in [4.69, 9.17) is 5.73 Å². The molecular weight excluding hydrogens is 371 g/mol. The SMILES string of the molecule is CCCC(NC(=O)NCc1ccc(F)cc1)C(=O)NCC(N)(CC)CC.Cl. The Bertz CT molecular complexity index is 580. The molecule has 1 aromatic carbocycles. The van der Waals surface area contributed by atoms with Crippen molar-refractivity contribution in [3.05, 3.63) is 35.6 Å². The zero-order chi connectivity index (χ0) is 19.6. The van der Waals surface area contributed by atoms with E-state index in [9.17, 15) is 14.0 Å². The molecule has 1 atom stereocenters. The lowest BCUT2D eigenvalue weighted by Crippen LogP contribution is -2.55. The van der Waals surface area contributed by atoms with Gasteiger partial charge in [-0.2, -0.15) is 0 Å². The van der Waals surface area contributed by atoms with Crippen LogP contribution in [0.4, 0.5) is 9.18 Å². The monoisotopic (exact) mass is 402 g/mol. The first-order valence-corrected chi connectivity index (χ1v) is 9.19. The minimum atomic E-state index is -0.619. The molecule has 5 N–H and O–H groups in total. The van der Waals surface area contributed by atoms with E-state index >= 15 is 0 Å². The van der Waals surface area contributed by atoms with Crippen LogP contribution in [-0.4, -0.2) is 30.1 Å². The minimum absolute atomic E-state index is 0. The molecule has 0 saturated carbocycles. The van der Waals surface area contributed by atoms with Crippen LogP contribution in [0.15, 0.2) is 24.3 Å². The number of benzene rings is 1. The third kappa shape index (κ3) is 9.06. The van der Waals surface area contributed by atoms with Gasteiger partial charge in [-0.3, -0.25) is 4.79 Å². The van der Waals surface area contributed by atoms with E-state index in [1.54, 1.807) is 12.1 Å². The van der Waals surface area contributed by atoms with E-state index in [1.165, 1.54) is 12.1 Å². The van der Waals surface area contributed by atoms with E-state index in [1.807, 2.05) is 20.8 Å². The highest BCUT2D eigenvalue weighted by molar-refractivity contribution is 5.87. The highest BCUT2D eigenvalue weighted by atomic mass is 35.5. The Morgan fingerprint density at radius 2 is 1.70 bits per heavy atom. The number of nitrogens with two attached hydrogens (primary N) is 1. The molecule has 0 saturated heterocycles. The number of hydrogen-bond donors (Lipinski definition) is 4. The van der Waals surface area contributed by atoms with Gasteiger partial charge in [-0.25, -0.2) is 9.18 Å². The van der Waals surface area contributed by atoms with Gasteiger partial charge in [-0.15, -0.1) is 12.4 Å². The molecule has 0 aromatic heterocycles. The number of nitrogens with one attached hydrogen (secondary N) is 3. The third-order valence-electron chi connectivity index (χ3n) is 4.59. The summed E-state index contributed by atoms with van der Waals surface area (Å²) in [6.07, 6.45) is 2.80. The summed E-state index contributed by atoms with van der Waals surface area (Å²) in [5, 5.41) is 8.22. The van der Waals surface area contributed by atoms with Crippen LogP contribution in [0.2, 0.25) is 0 Å². The first-order valence-electron chi connectivity index (χ1n) is 9.19. The fourth-order valence-electron chi connectivity index (χ4n) is 2.44. The summed E-state index contributed by atoms with van der Waals surface area (Å²) < 4.78 is 12.9. The lowest BCUT2D eigenvalue weighted by Gasteiger charge is -2.28. The molecule has 27 heavy (non-hydrogen) atoms. The Labute approximate surface area is 167 Å². The maximum Gasteiger partial charge on any atom is 0.315 e. The number of hydrogen-bond acceptors (Lipinski definition) is 3. The summed E-state index contributed by atoms with van der Waals surface area (Å²) >= 11 is 0. The Kier molecular flexibility index (Phi) is 11.7. The molecule has 154 valence electrons. The van der Waals surface area contributed by atoms with E-state index in [2.05, 4.69) is 16.0 Å². The second kappa shape index (κ2) is 12.5. The summed E-state index contributed by atoms with van der Waals surface area (Å²) in [5.74, 6) is -0.562. The second-order valence-corrected chi connectivity index (χ2v) is 6.58. The topological polar surface area (TPSA) is 96.2 Å². The highest BCUT2D eigenvalue weighted by Gasteiger charge is 2.24. The molecule has 1 rings (SSSR count). The first kappa shape index (κ1) is 25.1. The molecule has 1 aromatic rings. The Morgan fingerprint density at radius 1 is 1.11 bits per heavy atom. The highest BCUT2D eigenvalue weighted by Crippen LogP contribution is 2.09. The average Bonchev–Trinajstić information content (AvgIpc) is 2.65. The largest absolute Gasteiger partial charge is 0.352 e. The Balaban J connectivity index is 0.00000676. The maximum atomic E-state index is 12.9. The molecule has 1 unspecified atom stereocenters. The maximum absolute atomic E-state index is 12.9. The molecule has 0 bridgehead atoms. The molecule has 8 heteroatoms. The van der Waals surface area contributed by atoms with Crippen LogP contribution in [0.25, 0.3) is 0 Å². The summed E-state index contributed by atoms with van der Waals surface area (Å²) in [4.78, 5) is 24.5. The molecule has 6 nitrogen and oxygen atoms in total. The number of carbonyl (C=O) groups excluding carboxylic acids is 2. The molecule has 0 aliphatic heterocycles. The van der Waals surface area contributed by atoms with Gasteiger partial charge in [0.05, 0.1) is 0 Å². The summed E-state index contributed by atoms with van der Waals surface area (Å²) in [6.45, 7) is 6.55. The van der Waals surface area contributed by atoms with Gasteiger partial charge in [0, 0.05) is 18.6 Å². The van der Waals surface area contributed by atoms with Gasteiger partial charge >= 0.3 is 6.03 Å². The fraction of sp³-hybridized carbons (Fsp3) is 0.579. The molecule has 0 aliphatic carbocycles. The average molecular weight is 403 g/mol. The van der Waals surface area contributed by atoms with Gasteiger partial charge in [-0.05, 0) is 37.0 Å². The predicted molar refractivity (Wildman–Crippen MR) is 108 cm³/mol. The van der Waals surface area contributed by atoms with Crippen molar-refractivity contribution in [2.24, 2.45) is 5.73 Å². The van der Waals surface area contributed by atoms with Gasteiger partial charge in [-0.1, -0.05) is 39.3 Å². The summed E-state index contributed by atoms with van der Waals surface area (Å²) in [7, 11) is 0. The Hall–Kier alpha value is -1.86. The van der Waals surface area contributed by atoms with Crippen molar-refractivity contribution in [2.45, 2.75) is 64.6 Å². The second-order valence-electron chi connectivity index (χ2n) is 6.58. The predicted octanol–water partition coefficient (Wildman–Crippen LogP) is 2.85. The van der Waals surface area contributed by atoms with Gasteiger partial charge in [0.1, 0.15) is 11.9 Å². The van der Waals surface area contributed by atoms with Gasteiger partial charge in [0.25, 0.3) is 0 Å². The number of rotatable bonds is 10. The van der Waals surface area contributed by atoms with Crippen LogP contribution in [0.5, 0.6) is 0 Å². The van der Waals surface area contributed by atoms with E-state index in [0.717, 1.165) is 24.8 Å². The molecule has 3 amide bonds. The zero-order valence-corrected chi connectivity index (χ0v) is 17.1. The molecular formula is C19H32ClFN4O2. The quantitative estimate of drug-likeness (QED) is 0.484. The summed E-state index contributed by atoms with van der Waals surface area (Å²) in [6, 6.07) is 4.81. The lowest BCUT2D eigenvalue weighted by atomic mass is 9.94. The van der Waals surface area contributed by atoms with Gasteiger partial charge in [0.15, 0.2) is 0 Å². The molecule has 0 aliphatic rings. The van der Waals surface area contributed by atoms with E-state index < -0.39 is 17.6 Å². The number of amides is 3. The van der Waals surface area contributed by atoms with Crippen LogP contribution < -0.4 is 21.7 Å². The van der Waals surface area contributed by atoms with Crippen molar-refractivity contribution in [3.8, 4) is 0 Å².